The second-order valence-electron chi connectivity index (χ2n) is 7.51. The summed E-state index contributed by atoms with van der Waals surface area (Å²) >= 11 is 0. The summed E-state index contributed by atoms with van der Waals surface area (Å²) in [7, 11) is 0. The lowest BCUT2D eigenvalue weighted by molar-refractivity contribution is 0.0993. The zero-order valence-corrected chi connectivity index (χ0v) is 17.0. The number of benzene rings is 2. The van der Waals surface area contributed by atoms with E-state index in [1.807, 2.05) is 37.3 Å². The number of anilines is 3. The highest BCUT2D eigenvalue weighted by atomic mass is 16.3. The fourth-order valence-corrected chi connectivity index (χ4v) is 3.60. The van der Waals surface area contributed by atoms with E-state index in [1.165, 1.54) is 31.2 Å². The molecule has 0 radical (unpaired) electrons. The first-order chi connectivity index (χ1) is 14.6. The molecule has 2 N–H and O–H groups in total. The fourth-order valence-electron chi connectivity index (χ4n) is 3.60. The monoisotopic (exact) mass is 403 g/mol. The number of furan rings is 1. The van der Waals surface area contributed by atoms with Gasteiger partial charge in [0.1, 0.15) is 0 Å². The molecule has 2 amide bonds. The van der Waals surface area contributed by atoms with Gasteiger partial charge in [-0.1, -0.05) is 6.07 Å². The van der Waals surface area contributed by atoms with E-state index in [0.29, 0.717) is 11.3 Å². The average molecular weight is 403 g/mol. The van der Waals surface area contributed by atoms with Gasteiger partial charge in [-0.25, -0.2) is 0 Å². The fraction of sp³-hybridized carbons (Fsp3) is 0.250. The summed E-state index contributed by atoms with van der Waals surface area (Å²) in [5.74, 6) is -0.360. The molecule has 0 aliphatic carbocycles. The molecule has 3 aromatic rings. The highest BCUT2D eigenvalue weighted by molar-refractivity contribution is 6.07. The molecule has 0 atom stereocenters. The zero-order valence-electron chi connectivity index (χ0n) is 17.0. The summed E-state index contributed by atoms with van der Waals surface area (Å²) in [5.41, 5.74) is 3.82. The smallest absolute Gasteiger partial charge is 0.291 e. The number of rotatable bonds is 5. The maximum Gasteiger partial charge on any atom is 0.291 e. The predicted molar refractivity (Wildman–Crippen MR) is 118 cm³/mol. The number of hydrogen-bond acceptors (Lipinski definition) is 4. The van der Waals surface area contributed by atoms with Crippen molar-refractivity contribution in [3.05, 3.63) is 77.7 Å². The quantitative estimate of drug-likeness (QED) is 0.623. The molecule has 2 aromatic carbocycles. The van der Waals surface area contributed by atoms with Crippen LogP contribution in [0.4, 0.5) is 17.1 Å². The van der Waals surface area contributed by atoms with Crippen LogP contribution in [-0.2, 0) is 0 Å². The number of carbonyl (C=O) groups is 2. The lowest BCUT2D eigenvalue weighted by Crippen LogP contribution is -2.29. The minimum Gasteiger partial charge on any atom is -0.459 e. The van der Waals surface area contributed by atoms with E-state index in [-0.39, 0.29) is 17.6 Å². The Labute approximate surface area is 175 Å². The van der Waals surface area contributed by atoms with Crippen LogP contribution in [0.15, 0.2) is 65.3 Å². The molecule has 30 heavy (non-hydrogen) atoms. The second-order valence-corrected chi connectivity index (χ2v) is 7.51. The van der Waals surface area contributed by atoms with E-state index in [2.05, 4.69) is 15.5 Å². The van der Waals surface area contributed by atoms with Gasteiger partial charge in [0, 0.05) is 35.7 Å². The van der Waals surface area contributed by atoms with Gasteiger partial charge in [0.15, 0.2) is 5.76 Å². The van der Waals surface area contributed by atoms with Gasteiger partial charge in [0.05, 0.1) is 6.26 Å². The van der Waals surface area contributed by atoms with Crippen molar-refractivity contribution < 1.29 is 14.0 Å². The molecular formula is C24H25N3O3. The van der Waals surface area contributed by atoms with Gasteiger partial charge in [0.25, 0.3) is 11.8 Å². The van der Waals surface area contributed by atoms with Crippen LogP contribution in [0, 0.1) is 6.92 Å². The van der Waals surface area contributed by atoms with E-state index < -0.39 is 0 Å². The largest absolute Gasteiger partial charge is 0.459 e. The van der Waals surface area contributed by atoms with Crippen LogP contribution >= 0.6 is 0 Å². The summed E-state index contributed by atoms with van der Waals surface area (Å²) in [6, 6.07) is 16.4. The summed E-state index contributed by atoms with van der Waals surface area (Å²) in [4.78, 5) is 27.4. The number of nitrogens with one attached hydrogen (secondary N) is 2. The van der Waals surface area contributed by atoms with Gasteiger partial charge in [-0.15, -0.1) is 0 Å². The molecule has 6 heteroatoms. The standard InChI is InChI=1S/C24H25N3O3/c1-17-7-8-18(16-21(17)26-24(29)22-6-5-15-30-22)23(28)25-19-9-11-20(12-10-19)27-13-3-2-4-14-27/h5-12,15-16H,2-4,13-14H2,1H3,(H,25,28)(H,26,29). The number of hydrogen-bond donors (Lipinski definition) is 2. The molecular weight excluding hydrogens is 378 g/mol. The van der Waals surface area contributed by atoms with E-state index in [1.54, 1.807) is 24.3 Å². The van der Waals surface area contributed by atoms with E-state index in [4.69, 9.17) is 4.42 Å². The summed E-state index contributed by atoms with van der Waals surface area (Å²) < 4.78 is 5.12. The highest BCUT2D eigenvalue weighted by Crippen LogP contribution is 2.23. The number of aryl methyl sites for hydroxylation is 1. The average Bonchev–Trinajstić information content (AvgIpc) is 3.31. The molecule has 0 unspecified atom stereocenters. The second kappa shape index (κ2) is 8.86. The van der Waals surface area contributed by atoms with Gasteiger partial charge in [0.2, 0.25) is 0 Å². The first-order valence-electron chi connectivity index (χ1n) is 10.2. The van der Waals surface area contributed by atoms with Crippen LogP contribution in [0.1, 0.15) is 45.7 Å². The van der Waals surface area contributed by atoms with Crippen molar-refractivity contribution in [2.75, 3.05) is 28.6 Å². The summed E-state index contributed by atoms with van der Waals surface area (Å²) in [5, 5.41) is 5.72. The Morgan fingerprint density at radius 1 is 0.900 bits per heavy atom. The summed E-state index contributed by atoms with van der Waals surface area (Å²) in [6.45, 7) is 4.04. The molecule has 1 aliphatic rings. The maximum atomic E-state index is 12.7. The SMILES string of the molecule is Cc1ccc(C(=O)Nc2ccc(N3CCCCC3)cc2)cc1NC(=O)c1ccco1. The van der Waals surface area contributed by atoms with Crippen LogP contribution < -0.4 is 15.5 Å². The number of piperidine rings is 1. The van der Waals surface area contributed by atoms with Crippen molar-refractivity contribution in [3.8, 4) is 0 Å². The summed E-state index contributed by atoms with van der Waals surface area (Å²) in [6.07, 6.45) is 5.20. The number of carbonyl (C=O) groups excluding carboxylic acids is 2. The Hall–Kier alpha value is -3.54. The molecule has 1 aromatic heterocycles. The Morgan fingerprint density at radius 2 is 1.67 bits per heavy atom. The van der Waals surface area contributed by atoms with Crippen molar-refractivity contribution in [3.63, 3.8) is 0 Å². The van der Waals surface area contributed by atoms with Gasteiger partial charge in [-0.3, -0.25) is 9.59 Å². The Bertz CT molecular complexity index is 1020. The predicted octanol–water partition coefficient (Wildman–Crippen LogP) is 5.08. The molecule has 154 valence electrons. The lowest BCUT2D eigenvalue weighted by Gasteiger charge is -2.28. The first-order valence-corrected chi connectivity index (χ1v) is 10.2. The van der Waals surface area contributed by atoms with Gasteiger partial charge >= 0.3 is 0 Å². The van der Waals surface area contributed by atoms with Crippen LogP contribution in [-0.4, -0.2) is 24.9 Å². The minimum atomic E-state index is -0.353. The first kappa shape index (κ1) is 19.8. The van der Waals surface area contributed by atoms with Crippen LogP contribution in [0.2, 0.25) is 0 Å². The molecule has 1 aliphatic heterocycles. The molecule has 4 rings (SSSR count). The normalized spacial score (nSPS) is 13.7. The molecule has 6 nitrogen and oxygen atoms in total. The van der Waals surface area contributed by atoms with Crippen molar-refractivity contribution >= 4 is 28.9 Å². The maximum absolute atomic E-state index is 12.7. The molecule has 0 saturated carbocycles. The molecule has 0 spiro atoms. The molecule has 0 bridgehead atoms. The van der Waals surface area contributed by atoms with Crippen LogP contribution in [0.25, 0.3) is 0 Å². The van der Waals surface area contributed by atoms with Crippen LogP contribution in [0.3, 0.4) is 0 Å². The molecule has 1 saturated heterocycles. The molecule has 1 fully saturated rings. The van der Waals surface area contributed by atoms with Crippen LogP contribution in [0.5, 0.6) is 0 Å². The van der Waals surface area contributed by atoms with Gasteiger partial charge < -0.3 is 20.0 Å². The Kier molecular flexibility index (Phi) is 5.84. The number of nitrogens with zero attached hydrogens (tertiary/aromatic N) is 1. The zero-order chi connectivity index (χ0) is 20.9. The van der Waals surface area contributed by atoms with Crippen molar-refractivity contribution in [1.29, 1.82) is 0 Å². The van der Waals surface area contributed by atoms with E-state index in [9.17, 15) is 9.59 Å². The lowest BCUT2D eigenvalue weighted by atomic mass is 10.1. The van der Waals surface area contributed by atoms with E-state index >= 15 is 0 Å². The Morgan fingerprint density at radius 3 is 2.37 bits per heavy atom. The van der Waals surface area contributed by atoms with Crippen molar-refractivity contribution in [2.45, 2.75) is 26.2 Å². The third-order valence-electron chi connectivity index (χ3n) is 5.34. The van der Waals surface area contributed by atoms with Crippen molar-refractivity contribution in [2.24, 2.45) is 0 Å². The van der Waals surface area contributed by atoms with Gasteiger partial charge in [-0.2, -0.15) is 0 Å². The highest BCUT2D eigenvalue weighted by Gasteiger charge is 2.14. The van der Waals surface area contributed by atoms with Gasteiger partial charge in [-0.05, 0) is 80.3 Å². The third kappa shape index (κ3) is 4.54. The topological polar surface area (TPSA) is 74.6 Å². The molecule has 2 heterocycles. The van der Waals surface area contributed by atoms with Crippen molar-refractivity contribution in [1.82, 2.24) is 0 Å². The minimum absolute atomic E-state index is 0.220. The Balaban J connectivity index is 1.43. The number of amides is 2. The van der Waals surface area contributed by atoms with E-state index in [0.717, 1.165) is 24.3 Å². The third-order valence-corrected chi connectivity index (χ3v) is 5.34.